The van der Waals surface area contributed by atoms with Gasteiger partial charge < -0.3 is 11.1 Å². The maximum absolute atomic E-state index is 11.8. The van der Waals surface area contributed by atoms with E-state index in [0.717, 1.165) is 0 Å². The van der Waals surface area contributed by atoms with Crippen LogP contribution in [0.5, 0.6) is 0 Å². The second-order valence-electron chi connectivity index (χ2n) is 4.72. The maximum Gasteiger partial charge on any atom is 0.254 e. The molecule has 1 aromatic rings. The van der Waals surface area contributed by atoms with Crippen molar-refractivity contribution in [2.45, 2.75) is 33.1 Å². The summed E-state index contributed by atoms with van der Waals surface area (Å²) in [6.45, 7) is 7.72. The van der Waals surface area contributed by atoms with Gasteiger partial charge in [-0.2, -0.15) is 0 Å². The minimum Gasteiger partial charge on any atom is -0.368 e. The average Bonchev–Trinajstić information content (AvgIpc) is 2.14. The predicted octanol–water partition coefficient (Wildman–Crippen LogP) is 1.02. The van der Waals surface area contributed by atoms with E-state index in [4.69, 9.17) is 5.73 Å². The molecule has 3 N–H and O–H groups in total. The summed E-state index contributed by atoms with van der Waals surface area (Å²) in [6.07, 6.45) is 0. The quantitative estimate of drug-likeness (QED) is 0.743. The van der Waals surface area contributed by atoms with Crippen LogP contribution in [0.25, 0.3) is 0 Å². The number of anilines is 1. The van der Waals surface area contributed by atoms with Crippen LogP contribution in [0.4, 0.5) is 5.95 Å². The molecule has 1 amide bonds. The molecule has 0 radical (unpaired) electrons. The van der Waals surface area contributed by atoms with Crippen LogP contribution in [0.3, 0.4) is 0 Å². The van der Waals surface area contributed by atoms with Crippen molar-refractivity contribution in [2.75, 3.05) is 12.8 Å². The van der Waals surface area contributed by atoms with E-state index in [1.807, 2.05) is 20.8 Å². The molecule has 16 heavy (non-hydrogen) atoms. The van der Waals surface area contributed by atoms with Gasteiger partial charge in [-0.3, -0.25) is 4.79 Å². The standard InChI is InChI=1S/C11H18N4O/c1-6-7(9(16)13-5)8(11(2,3)4)15-10(12)14-6/h1-5H3,(H,13,16)(H2,12,14,15). The highest BCUT2D eigenvalue weighted by atomic mass is 16.1. The Bertz CT molecular complexity index is 421. The van der Waals surface area contributed by atoms with E-state index in [2.05, 4.69) is 15.3 Å². The number of rotatable bonds is 1. The van der Waals surface area contributed by atoms with E-state index in [0.29, 0.717) is 17.0 Å². The first-order valence-electron chi connectivity index (χ1n) is 5.14. The minimum atomic E-state index is -0.246. The highest BCUT2D eigenvalue weighted by Crippen LogP contribution is 2.25. The van der Waals surface area contributed by atoms with Crippen molar-refractivity contribution >= 4 is 11.9 Å². The van der Waals surface area contributed by atoms with Gasteiger partial charge in [-0.1, -0.05) is 20.8 Å². The van der Waals surface area contributed by atoms with Crippen LogP contribution >= 0.6 is 0 Å². The smallest absolute Gasteiger partial charge is 0.254 e. The number of hydrogen-bond donors (Lipinski definition) is 2. The Morgan fingerprint density at radius 2 is 1.88 bits per heavy atom. The van der Waals surface area contributed by atoms with Gasteiger partial charge in [-0.25, -0.2) is 9.97 Å². The van der Waals surface area contributed by atoms with Crippen molar-refractivity contribution in [3.63, 3.8) is 0 Å². The monoisotopic (exact) mass is 222 g/mol. The first-order chi connectivity index (χ1) is 7.27. The summed E-state index contributed by atoms with van der Waals surface area (Å²) in [7, 11) is 1.59. The number of nitrogens with zero attached hydrogens (tertiary/aromatic N) is 2. The highest BCUT2D eigenvalue weighted by Gasteiger charge is 2.26. The second-order valence-corrected chi connectivity index (χ2v) is 4.72. The van der Waals surface area contributed by atoms with Gasteiger partial charge in [-0.05, 0) is 6.92 Å². The molecule has 1 aromatic heterocycles. The van der Waals surface area contributed by atoms with E-state index >= 15 is 0 Å². The Hall–Kier alpha value is -1.65. The van der Waals surface area contributed by atoms with Gasteiger partial charge in [0.25, 0.3) is 5.91 Å². The molecule has 0 aliphatic rings. The van der Waals surface area contributed by atoms with E-state index in [1.165, 1.54) is 0 Å². The van der Waals surface area contributed by atoms with Crippen molar-refractivity contribution in [1.82, 2.24) is 15.3 Å². The average molecular weight is 222 g/mol. The molecule has 0 atom stereocenters. The lowest BCUT2D eigenvalue weighted by molar-refractivity contribution is 0.0959. The lowest BCUT2D eigenvalue weighted by atomic mass is 9.87. The van der Waals surface area contributed by atoms with Crippen molar-refractivity contribution in [3.05, 3.63) is 17.0 Å². The molecule has 0 saturated heterocycles. The molecule has 0 fully saturated rings. The number of nitrogens with two attached hydrogens (primary N) is 1. The van der Waals surface area contributed by atoms with Gasteiger partial charge >= 0.3 is 0 Å². The van der Waals surface area contributed by atoms with Gasteiger partial charge in [-0.15, -0.1) is 0 Å². The normalized spacial score (nSPS) is 11.3. The van der Waals surface area contributed by atoms with E-state index in [-0.39, 0.29) is 17.3 Å². The van der Waals surface area contributed by atoms with Crippen molar-refractivity contribution in [2.24, 2.45) is 0 Å². The lowest BCUT2D eigenvalue weighted by Gasteiger charge is -2.22. The van der Waals surface area contributed by atoms with Crippen LogP contribution in [0, 0.1) is 6.92 Å². The molecule has 88 valence electrons. The number of carbonyl (C=O) groups is 1. The van der Waals surface area contributed by atoms with E-state index in [9.17, 15) is 4.79 Å². The Morgan fingerprint density at radius 3 is 2.31 bits per heavy atom. The Labute approximate surface area is 95.5 Å². The third-order valence-corrected chi connectivity index (χ3v) is 2.27. The van der Waals surface area contributed by atoms with Crippen LogP contribution in [-0.2, 0) is 5.41 Å². The zero-order valence-electron chi connectivity index (χ0n) is 10.4. The summed E-state index contributed by atoms with van der Waals surface area (Å²) in [6, 6.07) is 0. The van der Waals surface area contributed by atoms with Crippen LogP contribution in [-0.4, -0.2) is 22.9 Å². The molecule has 0 bridgehead atoms. The van der Waals surface area contributed by atoms with Crippen molar-refractivity contribution in [1.29, 1.82) is 0 Å². The summed E-state index contributed by atoms with van der Waals surface area (Å²) in [4.78, 5) is 20.0. The predicted molar refractivity (Wildman–Crippen MR) is 63.3 cm³/mol. The molecule has 5 nitrogen and oxygen atoms in total. The molecule has 0 saturated carbocycles. The number of hydrogen-bond acceptors (Lipinski definition) is 4. The largest absolute Gasteiger partial charge is 0.368 e. The van der Waals surface area contributed by atoms with E-state index in [1.54, 1.807) is 14.0 Å². The summed E-state index contributed by atoms with van der Waals surface area (Å²) >= 11 is 0. The molecule has 1 heterocycles. The van der Waals surface area contributed by atoms with Crippen molar-refractivity contribution in [3.8, 4) is 0 Å². The molecule has 5 heteroatoms. The molecule has 0 unspecified atom stereocenters. The minimum absolute atomic E-state index is 0.178. The summed E-state index contributed by atoms with van der Waals surface area (Å²) < 4.78 is 0. The maximum atomic E-state index is 11.8. The van der Waals surface area contributed by atoms with Crippen molar-refractivity contribution < 1.29 is 4.79 Å². The highest BCUT2D eigenvalue weighted by molar-refractivity contribution is 5.96. The first kappa shape index (κ1) is 12.4. The molecular weight excluding hydrogens is 204 g/mol. The summed E-state index contributed by atoms with van der Waals surface area (Å²) in [5.41, 5.74) is 7.17. The molecule has 0 aliphatic carbocycles. The fourth-order valence-corrected chi connectivity index (χ4v) is 1.53. The Kier molecular flexibility index (Phi) is 3.16. The lowest BCUT2D eigenvalue weighted by Crippen LogP contribution is -2.27. The number of nitrogen functional groups attached to an aromatic ring is 1. The second kappa shape index (κ2) is 4.08. The Balaban J connectivity index is 3.51. The number of aromatic nitrogens is 2. The number of aryl methyl sites for hydroxylation is 1. The summed E-state index contributed by atoms with van der Waals surface area (Å²) in [5, 5.41) is 2.59. The zero-order chi connectivity index (χ0) is 12.5. The number of nitrogens with one attached hydrogen (secondary N) is 1. The van der Waals surface area contributed by atoms with Crippen LogP contribution in [0.15, 0.2) is 0 Å². The topological polar surface area (TPSA) is 80.9 Å². The van der Waals surface area contributed by atoms with Gasteiger partial charge in [0.05, 0.1) is 17.0 Å². The van der Waals surface area contributed by atoms with Crippen LogP contribution in [0.2, 0.25) is 0 Å². The molecule has 0 aromatic carbocycles. The fourth-order valence-electron chi connectivity index (χ4n) is 1.53. The zero-order valence-corrected chi connectivity index (χ0v) is 10.4. The Morgan fingerprint density at radius 1 is 1.31 bits per heavy atom. The first-order valence-corrected chi connectivity index (χ1v) is 5.14. The molecule has 0 aliphatic heterocycles. The summed E-state index contributed by atoms with van der Waals surface area (Å²) in [5.74, 6) is 0.0255. The molecule has 0 spiro atoms. The van der Waals surface area contributed by atoms with Crippen LogP contribution in [0.1, 0.15) is 42.5 Å². The number of amides is 1. The van der Waals surface area contributed by atoms with Gasteiger partial charge in [0.1, 0.15) is 0 Å². The van der Waals surface area contributed by atoms with Crippen LogP contribution < -0.4 is 11.1 Å². The third kappa shape index (κ3) is 2.29. The van der Waals surface area contributed by atoms with Gasteiger partial charge in [0, 0.05) is 12.5 Å². The van der Waals surface area contributed by atoms with E-state index < -0.39 is 0 Å². The third-order valence-electron chi connectivity index (χ3n) is 2.27. The fraction of sp³-hybridized carbons (Fsp3) is 0.545. The van der Waals surface area contributed by atoms with Gasteiger partial charge in [0.2, 0.25) is 5.95 Å². The molecular formula is C11H18N4O. The SMILES string of the molecule is CNC(=O)c1c(C)nc(N)nc1C(C)(C)C. The number of carbonyl (C=O) groups excluding carboxylic acids is 1. The van der Waals surface area contributed by atoms with Gasteiger partial charge in [0.15, 0.2) is 0 Å². The molecule has 1 rings (SSSR count).